The van der Waals surface area contributed by atoms with Crippen molar-refractivity contribution in [3.8, 4) is 0 Å². The average Bonchev–Trinajstić information content (AvgIpc) is 2.50. The third-order valence-electron chi connectivity index (χ3n) is 3.09. The van der Waals surface area contributed by atoms with Gasteiger partial charge in [0.25, 0.3) is 5.91 Å². The Morgan fingerprint density at radius 1 is 1.26 bits per heavy atom. The van der Waals surface area contributed by atoms with Crippen molar-refractivity contribution >= 4 is 21.7 Å². The van der Waals surface area contributed by atoms with E-state index in [4.69, 9.17) is 9.84 Å². The predicted octanol–water partition coefficient (Wildman–Crippen LogP) is -0.328. The SMILES string of the molecule is COCCS(=O)(=O)c1ccc(C(=O)NCC(C)(O)C(=O)O)cc1. The van der Waals surface area contributed by atoms with Crippen LogP contribution in [0, 0.1) is 0 Å². The van der Waals surface area contributed by atoms with Crippen LogP contribution in [0.3, 0.4) is 0 Å². The molecule has 1 rings (SSSR count). The standard InChI is InChI=1S/C14H19NO7S/c1-14(19,13(17)18)9-15-12(16)10-3-5-11(6-4-10)23(20,21)8-7-22-2/h3-6,19H,7-9H2,1-2H3,(H,15,16)(H,17,18). The molecule has 0 aromatic heterocycles. The number of sulfone groups is 1. The van der Waals surface area contributed by atoms with Gasteiger partial charge in [-0.25, -0.2) is 13.2 Å². The molecule has 9 heteroatoms. The number of carbonyl (C=O) groups is 2. The first-order valence-electron chi connectivity index (χ1n) is 6.66. The van der Waals surface area contributed by atoms with E-state index < -0.39 is 33.9 Å². The van der Waals surface area contributed by atoms with E-state index >= 15 is 0 Å². The summed E-state index contributed by atoms with van der Waals surface area (Å²) in [7, 11) is -2.09. The van der Waals surface area contributed by atoms with Crippen LogP contribution < -0.4 is 5.32 Å². The zero-order valence-electron chi connectivity index (χ0n) is 12.8. The number of aliphatic carboxylic acids is 1. The Kier molecular flexibility index (Phi) is 6.25. The molecule has 0 aliphatic carbocycles. The minimum Gasteiger partial charge on any atom is -0.479 e. The van der Waals surface area contributed by atoms with Gasteiger partial charge in [-0.1, -0.05) is 0 Å². The van der Waals surface area contributed by atoms with Crippen molar-refractivity contribution in [1.29, 1.82) is 0 Å². The summed E-state index contributed by atoms with van der Waals surface area (Å²) in [4.78, 5) is 22.7. The van der Waals surface area contributed by atoms with Gasteiger partial charge >= 0.3 is 5.97 Å². The van der Waals surface area contributed by atoms with Gasteiger partial charge in [-0.15, -0.1) is 0 Å². The van der Waals surface area contributed by atoms with Crippen LogP contribution in [0.15, 0.2) is 29.2 Å². The van der Waals surface area contributed by atoms with Gasteiger partial charge in [-0.2, -0.15) is 0 Å². The highest BCUT2D eigenvalue weighted by molar-refractivity contribution is 7.91. The second kappa shape index (κ2) is 7.53. The van der Waals surface area contributed by atoms with Gasteiger partial charge in [-0.05, 0) is 31.2 Å². The number of benzene rings is 1. The number of hydrogen-bond donors (Lipinski definition) is 3. The molecule has 1 atom stereocenters. The first-order chi connectivity index (χ1) is 10.6. The molecule has 0 spiro atoms. The van der Waals surface area contributed by atoms with Crippen LogP contribution >= 0.6 is 0 Å². The molecule has 1 unspecified atom stereocenters. The zero-order chi connectivity index (χ0) is 17.7. The first kappa shape index (κ1) is 19.1. The summed E-state index contributed by atoms with van der Waals surface area (Å²) in [6.45, 7) is 0.644. The van der Waals surface area contributed by atoms with E-state index in [1.54, 1.807) is 0 Å². The summed E-state index contributed by atoms with van der Waals surface area (Å²) in [6, 6.07) is 5.19. The predicted molar refractivity (Wildman–Crippen MR) is 81.0 cm³/mol. The highest BCUT2D eigenvalue weighted by atomic mass is 32.2. The number of carboxylic acid groups (broad SMARTS) is 1. The molecule has 0 saturated carbocycles. The molecule has 0 heterocycles. The Bertz CT molecular complexity index is 665. The number of methoxy groups -OCH3 is 1. The molecule has 0 bridgehead atoms. The van der Waals surface area contributed by atoms with Crippen molar-refractivity contribution in [2.75, 3.05) is 26.0 Å². The summed E-state index contributed by atoms with van der Waals surface area (Å²) in [6.07, 6.45) is 0. The molecule has 1 aromatic rings. The van der Waals surface area contributed by atoms with E-state index in [0.717, 1.165) is 6.92 Å². The third kappa shape index (κ3) is 5.31. The highest BCUT2D eigenvalue weighted by Crippen LogP contribution is 2.13. The summed E-state index contributed by atoms with van der Waals surface area (Å²) in [5, 5.41) is 20.5. The first-order valence-corrected chi connectivity index (χ1v) is 8.31. The number of nitrogens with one attached hydrogen (secondary N) is 1. The van der Waals surface area contributed by atoms with Gasteiger partial charge in [0.15, 0.2) is 15.4 Å². The fourth-order valence-electron chi connectivity index (χ4n) is 1.55. The van der Waals surface area contributed by atoms with Crippen LogP contribution in [0.4, 0.5) is 0 Å². The molecule has 1 aromatic carbocycles. The fraction of sp³-hybridized carbons (Fsp3) is 0.429. The Balaban J connectivity index is 2.77. The van der Waals surface area contributed by atoms with Crippen molar-refractivity contribution in [3.05, 3.63) is 29.8 Å². The van der Waals surface area contributed by atoms with Crippen molar-refractivity contribution in [2.45, 2.75) is 17.4 Å². The maximum absolute atomic E-state index is 11.9. The summed E-state index contributed by atoms with van der Waals surface area (Å²) in [5.74, 6) is -2.25. The lowest BCUT2D eigenvalue weighted by Crippen LogP contribution is -2.46. The van der Waals surface area contributed by atoms with E-state index in [9.17, 15) is 23.1 Å². The molecule has 0 radical (unpaired) electrons. The second-order valence-electron chi connectivity index (χ2n) is 5.10. The number of rotatable bonds is 8. The Morgan fingerprint density at radius 2 is 1.83 bits per heavy atom. The van der Waals surface area contributed by atoms with Crippen molar-refractivity contribution in [3.63, 3.8) is 0 Å². The summed E-state index contributed by atoms with van der Waals surface area (Å²) >= 11 is 0. The van der Waals surface area contributed by atoms with E-state index in [1.165, 1.54) is 31.4 Å². The Morgan fingerprint density at radius 3 is 2.30 bits per heavy atom. The molecule has 128 valence electrons. The lowest BCUT2D eigenvalue weighted by atomic mass is 10.1. The summed E-state index contributed by atoms with van der Waals surface area (Å²) in [5.41, 5.74) is -1.93. The maximum atomic E-state index is 11.9. The monoisotopic (exact) mass is 345 g/mol. The smallest absolute Gasteiger partial charge is 0.337 e. The van der Waals surface area contributed by atoms with Crippen LogP contribution in [-0.4, -0.2) is 62.1 Å². The fourth-order valence-corrected chi connectivity index (χ4v) is 2.73. The lowest BCUT2D eigenvalue weighted by Gasteiger charge is -2.18. The molecule has 0 fully saturated rings. The maximum Gasteiger partial charge on any atom is 0.337 e. The topological polar surface area (TPSA) is 130 Å². The van der Waals surface area contributed by atoms with Crippen molar-refractivity contribution in [2.24, 2.45) is 0 Å². The number of carbonyl (C=O) groups excluding carboxylic acids is 1. The average molecular weight is 345 g/mol. The van der Waals surface area contributed by atoms with Crippen LogP contribution in [0.2, 0.25) is 0 Å². The number of hydrogen-bond acceptors (Lipinski definition) is 6. The van der Waals surface area contributed by atoms with Gasteiger partial charge in [0, 0.05) is 12.7 Å². The molecule has 23 heavy (non-hydrogen) atoms. The van der Waals surface area contributed by atoms with Gasteiger partial charge in [-0.3, -0.25) is 4.79 Å². The quantitative estimate of drug-likeness (QED) is 0.588. The molecule has 8 nitrogen and oxygen atoms in total. The third-order valence-corrected chi connectivity index (χ3v) is 4.78. The van der Waals surface area contributed by atoms with Crippen LogP contribution in [0.25, 0.3) is 0 Å². The molecule has 3 N–H and O–H groups in total. The van der Waals surface area contributed by atoms with Crippen molar-refractivity contribution < 1.29 is 33.0 Å². The molecule has 0 aliphatic heterocycles. The number of carboxylic acids is 1. The Hall–Kier alpha value is -1.97. The molecule has 0 aliphatic rings. The van der Waals surface area contributed by atoms with E-state index in [1.807, 2.05) is 0 Å². The lowest BCUT2D eigenvalue weighted by molar-refractivity contribution is -0.155. The zero-order valence-corrected chi connectivity index (χ0v) is 13.6. The molecular formula is C14H19NO7S. The molecule has 1 amide bonds. The summed E-state index contributed by atoms with van der Waals surface area (Å²) < 4.78 is 28.6. The van der Waals surface area contributed by atoms with Gasteiger partial charge in [0.05, 0.1) is 23.8 Å². The number of amides is 1. The van der Waals surface area contributed by atoms with E-state index in [-0.39, 0.29) is 22.8 Å². The highest BCUT2D eigenvalue weighted by Gasteiger charge is 2.30. The normalized spacial score (nSPS) is 14.0. The van der Waals surface area contributed by atoms with Gasteiger partial charge in [0.2, 0.25) is 0 Å². The van der Waals surface area contributed by atoms with Gasteiger partial charge < -0.3 is 20.3 Å². The number of ether oxygens (including phenoxy) is 1. The minimum absolute atomic E-state index is 0.0589. The largest absolute Gasteiger partial charge is 0.479 e. The van der Waals surface area contributed by atoms with E-state index in [0.29, 0.717) is 0 Å². The minimum atomic E-state index is -3.49. The van der Waals surface area contributed by atoms with Crippen molar-refractivity contribution in [1.82, 2.24) is 5.32 Å². The Labute approximate surface area is 134 Å². The van der Waals surface area contributed by atoms with E-state index in [2.05, 4.69) is 5.32 Å². The van der Waals surface area contributed by atoms with Crippen LogP contribution in [0.5, 0.6) is 0 Å². The van der Waals surface area contributed by atoms with Gasteiger partial charge in [0.1, 0.15) is 0 Å². The van der Waals surface area contributed by atoms with Crippen LogP contribution in [0.1, 0.15) is 17.3 Å². The number of aliphatic hydroxyl groups is 1. The molecular weight excluding hydrogens is 326 g/mol. The second-order valence-corrected chi connectivity index (χ2v) is 7.21. The van der Waals surface area contributed by atoms with Crippen LogP contribution in [-0.2, 0) is 19.4 Å². The molecule has 0 saturated heterocycles.